The summed E-state index contributed by atoms with van der Waals surface area (Å²) < 4.78 is 5.33. The van der Waals surface area contributed by atoms with Crippen molar-refractivity contribution in [2.75, 3.05) is 5.75 Å². The van der Waals surface area contributed by atoms with Gasteiger partial charge in [0.25, 0.3) is 0 Å². The highest BCUT2D eigenvalue weighted by Gasteiger charge is 2.41. The van der Waals surface area contributed by atoms with Crippen LogP contribution < -0.4 is 5.11 Å². The van der Waals surface area contributed by atoms with Crippen molar-refractivity contribution >= 4 is 35.4 Å². The van der Waals surface area contributed by atoms with Crippen LogP contribution in [0, 0.1) is 0 Å². The normalized spacial score (nSPS) is 21.7. The van der Waals surface area contributed by atoms with Crippen LogP contribution in [0.15, 0.2) is 24.3 Å². The van der Waals surface area contributed by atoms with E-state index >= 15 is 0 Å². The van der Waals surface area contributed by atoms with E-state index in [2.05, 4.69) is 0 Å². The number of carbonyl (C=O) groups excluding carboxylic acids is 2. The van der Waals surface area contributed by atoms with Crippen molar-refractivity contribution in [2.45, 2.75) is 37.8 Å². The van der Waals surface area contributed by atoms with E-state index < -0.39 is 29.1 Å². The molecule has 7 heteroatoms. The van der Waals surface area contributed by atoms with Gasteiger partial charge in [0, 0.05) is 10.8 Å². The SMILES string of the molecule is CC(C)(C)OC(=O)N1[C@@H](C(=O)[O-])CS[C@@H]1c1ccc(Cl)cc1. The second-order valence-electron chi connectivity index (χ2n) is 5.96. The lowest BCUT2D eigenvalue weighted by Gasteiger charge is -2.32. The Morgan fingerprint density at radius 1 is 1.32 bits per heavy atom. The molecule has 0 spiro atoms. The van der Waals surface area contributed by atoms with Gasteiger partial charge in [0.1, 0.15) is 11.0 Å². The Morgan fingerprint density at radius 2 is 1.91 bits per heavy atom. The van der Waals surface area contributed by atoms with E-state index in [4.69, 9.17) is 16.3 Å². The number of benzene rings is 1. The number of carboxylic acids is 1. The van der Waals surface area contributed by atoms with E-state index in [1.54, 1.807) is 45.0 Å². The van der Waals surface area contributed by atoms with Gasteiger partial charge in [-0.1, -0.05) is 23.7 Å². The van der Waals surface area contributed by atoms with Gasteiger partial charge >= 0.3 is 6.09 Å². The maximum Gasteiger partial charge on any atom is 0.412 e. The zero-order valence-corrected chi connectivity index (χ0v) is 14.1. The molecule has 0 saturated carbocycles. The molecule has 0 N–H and O–H groups in total. The number of rotatable bonds is 2. The molecule has 0 unspecified atom stereocenters. The molecule has 0 radical (unpaired) electrons. The zero-order chi connectivity index (χ0) is 16.5. The summed E-state index contributed by atoms with van der Waals surface area (Å²) in [5.74, 6) is -1.02. The predicted molar refractivity (Wildman–Crippen MR) is 83.5 cm³/mol. The summed E-state index contributed by atoms with van der Waals surface area (Å²) in [6, 6.07) is 5.94. The summed E-state index contributed by atoms with van der Waals surface area (Å²) in [6.45, 7) is 5.21. The number of hydrogen-bond acceptors (Lipinski definition) is 5. The average molecular weight is 343 g/mol. The van der Waals surface area contributed by atoms with Crippen LogP contribution in [0.1, 0.15) is 31.7 Å². The Hall–Kier alpha value is -1.40. The zero-order valence-electron chi connectivity index (χ0n) is 12.5. The molecular weight excluding hydrogens is 326 g/mol. The third kappa shape index (κ3) is 3.87. The molecule has 2 rings (SSSR count). The highest BCUT2D eigenvalue weighted by molar-refractivity contribution is 7.99. The van der Waals surface area contributed by atoms with Gasteiger partial charge in [0.15, 0.2) is 0 Å². The first kappa shape index (κ1) is 17.0. The van der Waals surface area contributed by atoms with E-state index in [0.29, 0.717) is 5.02 Å². The van der Waals surface area contributed by atoms with Crippen LogP contribution in [0.2, 0.25) is 5.02 Å². The van der Waals surface area contributed by atoms with Gasteiger partial charge in [-0.25, -0.2) is 4.79 Å². The van der Waals surface area contributed by atoms with Crippen molar-refractivity contribution in [1.29, 1.82) is 0 Å². The maximum atomic E-state index is 12.4. The highest BCUT2D eigenvalue weighted by atomic mass is 35.5. The minimum absolute atomic E-state index is 0.259. The van der Waals surface area contributed by atoms with Gasteiger partial charge in [0.2, 0.25) is 0 Å². The fraction of sp³-hybridized carbons (Fsp3) is 0.467. The minimum atomic E-state index is -1.28. The number of hydrogen-bond donors (Lipinski definition) is 0. The molecule has 5 nitrogen and oxygen atoms in total. The number of halogens is 1. The van der Waals surface area contributed by atoms with Crippen LogP contribution in [0.3, 0.4) is 0 Å². The molecule has 1 aromatic rings. The molecule has 1 heterocycles. The topological polar surface area (TPSA) is 69.7 Å². The summed E-state index contributed by atoms with van der Waals surface area (Å²) in [7, 11) is 0. The largest absolute Gasteiger partial charge is 0.548 e. The van der Waals surface area contributed by atoms with Gasteiger partial charge in [-0.2, -0.15) is 0 Å². The summed E-state index contributed by atoms with van der Waals surface area (Å²) in [5.41, 5.74) is 0.0924. The van der Waals surface area contributed by atoms with E-state index in [1.165, 1.54) is 16.7 Å². The second-order valence-corrected chi connectivity index (χ2v) is 7.51. The number of ether oxygens (including phenoxy) is 1. The molecule has 120 valence electrons. The van der Waals surface area contributed by atoms with Gasteiger partial charge in [-0.15, -0.1) is 11.8 Å². The third-order valence-electron chi connectivity index (χ3n) is 3.03. The first-order valence-corrected chi connectivity index (χ1v) is 8.21. The molecule has 1 fully saturated rings. The van der Waals surface area contributed by atoms with Gasteiger partial charge in [-0.3, -0.25) is 4.90 Å². The summed E-state index contributed by atoms with van der Waals surface area (Å²) in [6.07, 6.45) is -0.661. The summed E-state index contributed by atoms with van der Waals surface area (Å²) in [4.78, 5) is 24.9. The Balaban J connectivity index is 2.30. The minimum Gasteiger partial charge on any atom is -0.548 e. The van der Waals surface area contributed by atoms with E-state index in [-0.39, 0.29) is 5.75 Å². The molecule has 1 aliphatic heterocycles. The fourth-order valence-corrected chi connectivity index (χ4v) is 3.64. The van der Waals surface area contributed by atoms with Crippen LogP contribution in [-0.4, -0.2) is 34.4 Å². The molecule has 2 atom stereocenters. The van der Waals surface area contributed by atoms with Crippen molar-refractivity contribution in [3.8, 4) is 0 Å². The van der Waals surface area contributed by atoms with Crippen LogP contribution in [-0.2, 0) is 9.53 Å². The molecule has 0 bridgehead atoms. The van der Waals surface area contributed by atoms with E-state index in [9.17, 15) is 14.7 Å². The summed E-state index contributed by atoms with van der Waals surface area (Å²) >= 11 is 7.23. The van der Waals surface area contributed by atoms with Crippen molar-refractivity contribution < 1.29 is 19.4 Å². The summed E-state index contributed by atoms with van der Waals surface area (Å²) in [5, 5.41) is 11.5. The molecule has 1 saturated heterocycles. The van der Waals surface area contributed by atoms with Crippen LogP contribution in [0.4, 0.5) is 4.79 Å². The molecule has 1 amide bonds. The van der Waals surface area contributed by atoms with Crippen molar-refractivity contribution in [2.24, 2.45) is 0 Å². The second kappa shape index (κ2) is 6.38. The van der Waals surface area contributed by atoms with Crippen LogP contribution in [0.5, 0.6) is 0 Å². The monoisotopic (exact) mass is 342 g/mol. The standard InChI is InChI=1S/C15H18ClNO4S/c1-15(2,3)21-14(20)17-11(13(18)19)8-22-12(17)9-4-6-10(16)7-5-9/h4-7,11-12H,8H2,1-3H3,(H,18,19)/p-1/t11-,12-/m1/s1. The Bertz CT molecular complexity index is 570. The molecule has 1 aromatic carbocycles. The van der Waals surface area contributed by atoms with Gasteiger partial charge < -0.3 is 14.6 Å². The number of aliphatic carboxylic acids is 1. The molecular formula is C15H17ClNO4S-. The van der Waals surface area contributed by atoms with Crippen molar-refractivity contribution in [3.05, 3.63) is 34.9 Å². The van der Waals surface area contributed by atoms with Crippen molar-refractivity contribution in [3.63, 3.8) is 0 Å². The average Bonchev–Trinajstić information content (AvgIpc) is 2.82. The first-order chi connectivity index (χ1) is 10.2. The predicted octanol–water partition coefficient (Wildman–Crippen LogP) is 2.44. The maximum absolute atomic E-state index is 12.4. The molecule has 0 aliphatic carbocycles. The van der Waals surface area contributed by atoms with E-state index in [1.807, 2.05) is 0 Å². The van der Waals surface area contributed by atoms with E-state index in [0.717, 1.165) is 5.56 Å². The van der Waals surface area contributed by atoms with Crippen LogP contribution in [0.25, 0.3) is 0 Å². The fourth-order valence-electron chi connectivity index (χ4n) is 2.11. The molecule has 1 aliphatic rings. The quantitative estimate of drug-likeness (QED) is 0.825. The molecule has 0 aromatic heterocycles. The smallest absolute Gasteiger partial charge is 0.412 e. The number of carboxylic acid groups (broad SMARTS) is 1. The lowest BCUT2D eigenvalue weighted by Crippen LogP contribution is -2.50. The lowest BCUT2D eigenvalue weighted by atomic mass is 10.2. The third-order valence-corrected chi connectivity index (χ3v) is 4.61. The van der Waals surface area contributed by atoms with Gasteiger partial charge in [-0.05, 0) is 38.5 Å². The number of amides is 1. The highest BCUT2D eigenvalue weighted by Crippen LogP contribution is 2.42. The van der Waals surface area contributed by atoms with Crippen LogP contribution >= 0.6 is 23.4 Å². The number of carbonyl (C=O) groups is 2. The van der Waals surface area contributed by atoms with Crippen molar-refractivity contribution in [1.82, 2.24) is 4.90 Å². The first-order valence-electron chi connectivity index (χ1n) is 6.78. The number of thioether (sulfide) groups is 1. The van der Waals surface area contributed by atoms with Gasteiger partial charge in [0.05, 0.1) is 12.0 Å². The molecule has 22 heavy (non-hydrogen) atoms. The Labute approximate surface area is 138 Å². The lowest BCUT2D eigenvalue weighted by molar-refractivity contribution is -0.310. The number of nitrogens with zero attached hydrogens (tertiary/aromatic N) is 1. The Morgan fingerprint density at radius 3 is 2.41 bits per heavy atom. The Kier molecular flexibility index (Phi) is 4.92.